The first kappa shape index (κ1) is 9.06. The van der Waals surface area contributed by atoms with Gasteiger partial charge in [-0.05, 0) is 6.07 Å². The number of rotatable bonds is 2. The molecule has 3 nitrogen and oxygen atoms in total. The standard InChI is InChI=1S/C8H7BrO3/c9-7-4-2-1-3-6(7)5-12-8(10)11/h1-4H,5H2,(H,10,11). The van der Waals surface area contributed by atoms with Gasteiger partial charge < -0.3 is 9.84 Å². The van der Waals surface area contributed by atoms with Gasteiger partial charge in [-0.1, -0.05) is 34.1 Å². The lowest BCUT2D eigenvalue weighted by atomic mass is 10.2. The van der Waals surface area contributed by atoms with Gasteiger partial charge in [-0.2, -0.15) is 0 Å². The Morgan fingerprint density at radius 2 is 2.17 bits per heavy atom. The first-order valence-corrected chi connectivity index (χ1v) is 4.08. The summed E-state index contributed by atoms with van der Waals surface area (Å²) < 4.78 is 5.25. The van der Waals surface area contributed by atoms with E-state index in [4.69, 9.17) is 5.11 Å². The molecule has 1 aromatic rings. The molecule has 1 aromatic carbocycles. The van der Waals surface area contributed by atoms with E-state index in [2.05, 4.69) is 20.7 Å². The molecular formula is C8H7BrO3. The van der Waals surface area contributed by atoms with Crippen molar-refractivity contribution in [3.05, 3.63) is 34.3 Å². The van der Waals surface area contributed by atoms with Crippen molar-refractivity contribution in [2.75, 3.05) is 0 Å². The Morgan fingerprint density at radius 3 is 2.75 bits per heavy atom. The molecule has 0 amide bonds. The lowest BCUT2D eigenvalue weighted by Crippen LogP contribution is -2.00. The maximum atomic E-state index is 10.0. The molecule has 64 valence electrons. The van der Waals surface area contributed by atoms with Crippen molar-refractivity contribution in [1.29, 1.82) is 0 Å². The second kappa shape index (κ2) is 4.11. The highest BCUT2D eigenvalue weighted by Gasteiger charge is 2.01. The number of carbonyl (C=O) groups is 1. The number of carboxylic acid groups (broad SMARTS) is 1. The molecular weight excluding hydrogens is 224 g/mol. The molecule has 0 aromatic heterocycles. The minimum atomic E-state index is -1.26. The summed E-state index contributed by atoms with van der Waals surface area (Å²) in [5, 5.41) is 8.23. The van der Waals surface area contributed by atoms with Crippen LogP contribution in [0.4, 0.5) is 4.79 Å². The van der Waals surface area contributed by atoms with E-state index in [1.54, 1.807) is 6.07 Å². The van der Waals surface area contributed by atoms with Crippen molar-refractivity contribution >= 4 is 22.1 Å². The van der Waals surface area contributed by atoms with Crippen LogP contribution in [0.25, 0.3) is 0 Å². The van der Waals surface area contributed by atoms with Crippen molar-refractivity contribution in [1.82, 2.24) is 0 Å². The molecule has 1 rings (SSSR count). The first-order valence-electron chi connectivity index (χ1n) is 3.29. The van der Waals surface area contributed by atoms with E-state index >= 15 is 0 Å². The van der Waals surface area contributed by atoms with E-state index in [1.165, 1.54) is 0 Å². The van der Waals surface area contributed by atoms with Gasteiger partial charge >= 0.3 is 6.16 Å². The van der Waals surface area contributed by atoms with Gasteiger partial charge in [0.2, 0.25) is 0 Å². The molecule has 0 unspecified atom stereocenters. The summed E-state index contributed by atoms with van der Waals surface area (Å²) in [6.07, 6.45) is -1.26. The Balaban J connectivity index is 2.63. The monoisotopic (exact) mass is 230 g/mol. The molecule has 12 heavy (non-hydrogen) atoms. The van der Waals surface area contributed by atoms with Crippen LogP contribution in [0.5, 0.6) is 0 Å². The fourth-order valence-corrected chi connectivity index (χ4v) is 1.15. The highest BCUT2D eigenvalue weighted by molar-refractivity contribution is 9.10. The Bertz CT molecular complexity index is 285. The quantitative estimate of drug-likeness (QED) is 0.795. The summed E-state index contributed by atoms with van der Waals surface area (Å²) in [5.41, 5.74) is 0.819. The highest BCUT2D eigenvalue weighted by atomic mass is 79.9. The molecule has 0 aliphatic rings. The van der Waals surface area contributed by atoms with Crippen LogP contribution in [0.1, 0.15) is 5.56 Å². The number of benzene rings is 1. The minimum Gasteiger partial charge on any atom is -0.450 e. The van der Waals surface area contributed by atoms with Crippen LogP contribution in [0.15, 0.2) is 28.7 Å². The molecule has 0 spiro atoms. The molecule has 4 heteroatoms. The molecule has 1 N–H and O–H groups in total. The number of hydrogen-bond donors (Lipinski definition) is 1. The van der Waals surface area contributed by atoms with E-state index < -0.39 is 6.16 Å². The zero-order valence-corrected chi connectivity index (χ0v) is 7.74. The maximum Gasteiger partial charge on any atom is 0.506 e. The van der Waals surface area contributed by atoms with Gasteiger partial charge in [0, 0.05) is 10.0 Å². The largest absolute Gasteiger partial charge is 0.506 e. The molecule has 0 bridgehead atoms. The predicted octanol–water partition coefficient (Wildman–Crippen LogP) is 2.64. The third-order valence-corrected chi connectivity index (χ3v) is 2.08. The van der Waals surface area contributed by atoms with E-state index in [0.717, 1.165) is 10.0 Å². The minimum absolute atomic E-state index is 0.0801. The summed E-state index contributed by atoms with van der Waals surface area (Å²) in [6.45, 7) is 0.0801. The van der Waals surface area contributed by atoms with Gasteiger partial charge in [-0.15, -0.1) is 0 Å². The van der Waals surface area contributed by atoms with E-state index in [1.807, 2.05) is 18.2 Å². The van der Waals surface area contributed by atoms with Gasteiger partial charge in [0.05, 0.1) is 0 Å². The molecule has 0 heterocycles. The van der Waals surface area contributed by atoms with Crippen LogP contribution < -0.4 is 0 Å². The topological polar surface area (TPSA) is 46.5 Å². The van der Waals surface area contributed by atoms with E-state index in [0.29, 0.717) is 0 Å². The maximum absolute atomic E-state index is 10.0. The molecule has 0 radical (unpaired) electrons. The van der Waals surface area contributed by atoms with Gasteiger partial charge in [-0.25, -0.2) is 4.79 Å². The Labute approximate surface area is 78.1 Å². The summed E-state index contributed by atoms with van der Waals surface area (Å²) in [6, 6.07) is 7.31. The average molecular weight is 231 g/mol. The molecule has 0 aliphatic heterocycles. The second-order valence-electron chi connectivity index (χ2n) is 2.15. The normalized spacial score (nSPS) is 9.42. The van der Waals surface area contributed by atoms with Crippen molar-refractivity contribution in [3.63, 3.8) is 0 Å². The molecule has 0 atom stereocenters. The Hall–Kier alpha value is -1.03. The summed E-state index contributed by atoms with van der Waals surface area (Å²) in [5.74, 6) is 0. The lowest BCUT2D eigenvalue weighted by molar-refractivity contribution is 0.0852. The predicted molar refractivity (Wildman–Crippen MR) is 47.0 cm³/mol. The van der Waals surface area contributed by atoms with Gasteiger partial charge in [0.25, 0.3) is 0 Å². The summed E-state index contributed by atoms with van der Waals surface area (Å²) >= 11 is 3.27. The smallest absolute Gasteiger partial charge is 0.450 e. The van der Waals surface area contributed by atoms with Crippen molar-refractivity contribution in [2.45, 2.75) is 6.61 Å². The average Bonchev–Trinajstić information content (AvgIpc) is 2.03. The third-order valence-electron chi connectivity index (χ3n) is 1.31. The van der Waals surface area contributed by atoms with Crippen LogP contribution in [0.3, 0.4) is 0 Å². The molecule has 0 saturated carbocycles. The van der Waals surface area contributed by atoms with Crippen LogP contribution in [0.2, 0.25) is 0 Å². The van der Waals surface area contributed by atoms with E-state index in [9.17, 15) is 4.79 Å². The van der Waals surface area contributed by atoms with Crippen LogP contribution in [-0.2, 0) is 11.3 Å². The highest BCUT2D eigenvalue weighted by Crippen LogP contribution is 2.16. The fourth-order valence-electron chi connectivity index (χ4n) is 0.755. The van der Waals surface area contributed by atoms with Crippen LogP contribution in [0, 0.1) is 0 Å². The zero-order chi connectivity index (χ0) is 8.97. The zero-order valence-electron chi connectivity index (χ0n) is 6.16. The first-order chi connectivity index (χ1) is 5.70. The Morgan fingerprint density at radius 1 is 1.50 bits per heavy atom. The lowest BCUT2D eigenvalue weighted by Gasteiger charge is -2.02. The number of hydrogen-bond acceptors (Lipinski definition) is 2. The van der Waals surface area contributed by atoms with Crippen molar-refractivity contribution in [2.24, 2.45) is 0 Å². The Kier molecular flexibility index (Phi) is 3.10. The second-order valence-corrected chi connectivity index (χ2v) is 3.00. The number of ether oxygens (including phenoxy) is 1. The molecule has 0 aliphatic carbocycles. The van der Waals surface area contributed by atoms with Gasteiger partial charge in [0.1, 0.15) is 6.61 Å². The summed E-state index contributed by atoms with van der Waals surface area (Å²) in [7, 11) is 0. The van der Waals surface area contributed by atoms with Gasteiger partial charge in [0.15, 0.2) is 0 Å². The van der Waals surface area contributed by atoms with E-state index in [-0.39, 0.29) is 6.61 Å². The molecule has 0 fully saturated rings. The van der Waals surface area contributed by atoms with Crippen molar-refractivity contribution < 1.29 is 14.6 Å². The molecule has 0 saturated heterocycles. The summed E-state index contributed by atoms with van der Waals surface area (Å²) in [4.78, 5) is 10.0. The van der Waals surface area contributed by atoms with Crippen LogP contribution in [-0.4, -0.2) is 11.3 Å². The SMILES string of the molecule is O=C(O)OCc1ccccc1Br. The fraction of sp³-hybridized carbons (Fsp3) is 0.125. The van der Waals surface area contributed by atoms with Gasteiger partial charge in [-0.3, -0.25) is 0 Å². The van der Waals surface area contributed by atoms with Crippen molar-refractivity contribution in [3.8, 4) is 0 Å². The third kappa shape index (κ3) is 2.54. The van der Waals surface area contributed by atoms with Crippen LogP contribution >= 0.6 is 15.9 Å². The number of halogens is 1.